The van der Waals surface area contributed by atoms with Gasteiger partial charge in [-0.25, -0.2) is 0 Å². The van der Waals surface area contributed by atoms with E-state index in [1.807, 2.05) is 20.8 Å². The van der Waals surface area contributed by atoms with Gasteiger partial charge in [-0.1, -0.05) is 13.8 Å². The molecule has 0 saturated carbocycles. The Bertz CT molecular complexity index is 299. The van der Waals surface area contributed by atoms with Crippen LogP contribution in [0, 0.1) is 5.92 Å². The second-order valence-corrected chi connectivity index (χ2v) is 4.80. The number of ether oxygens (including phenoxy) is 3. The Kier molecular flexibility index (Phi) is 5.14. The first-order chi connectivity index (χ1) is 8.36. The van der Waals surface area contributed by atoms with Crippen molar-refractivity contribution in [3.8, 4) is 0 Å². The van der Waals surface area contributed by atoms with Gasteiger partial charge in [-0.2, -0.15) is 0 Å². The summed E-state index contributed by atoms with van der Waals surface area (Å²) < 4.78 is 16.4. The van der Waals surface area contributed by atoms with Crippen LogP contribution >= 0.6 is 0 Å². The van der Waals surface area contributed by atoms with Crippen molar-refractivity contribution in [1.29, 1.82) is 0 Å². The quantitative estimate of drug-likeness (QED) is 0.721. The minimum absolute atomic E-state index is 0.0129. The molecule has 0 aromatic carbocycles. The summed E-state index contributed by atoms with van der Waals surface area (Å²) >= 11 is 0. The van der Waals surface area contributed by atoms with Gasteiger partial charge in [0.1, 0.15) is 6.10 Å². The second-order valence-electron chi connectivity index (χ2n) is 4.80. The van der Waals surface area contributed by atoms with Crippen molar-refractivity contribution in [3.63, 3.8) is 0 Å². The van der Waals surface area contributed by atoms with Crippen LogP contribution in [0.1, 0.15) is 41.0 Å². The Morgan fingerprint density at radius 3 is 2.00 bits per heavy atom. The smallest absolute Gasteiger partial charge is 0.303 e. The third kappa shape index (κ3) is 3.45. The molecule has 0 aromatic rings. The SMILES string of the molecule is CCC1O[C@H](C)C(C)[C@H](OC(C)=O)[C@H]1OC(C)=O. The zero-order chi connectivity index (χ0) is 13.9. The Morgan fingerprint density at radius 2 is 1.56 bits per heavy atom. The Hall–Kier alpha value is -1.10. The number of hydrogen-bond acceptors (Lipinski definition) is 5. The lowest BCUT2D eigenvalue weighted by molar-refractivity contribution is -0.220. The maximum Gasteiger partial charge on any atom is 0.303 e. The first kappa shape index (κ1) is 15.0. The van der Waals surface area contributed by atoms with Crippen molar-refractivity contribution in [2.75, 3.05) is 0 Å². The first-order valence-corrected chi connectivity index (χ1v) is 6.36. The molecule has 0 radical (unpaired) electrons. The van der Waals surface area contributed by atoms with Crippen molar-refractivity contribution < 1.29 is 23.8 Å². The van der Waals surface area contributed by atoms with Gasteiger partial charge in [0.2, 0.25) is 0 Å². The summed E-state index contributed by atoms with van der Waals surface area (Å²) in [5.41, 5.74) is 0. The lowest BCUT2D eigenvalue weighted by Crippen LogP contribution is -2.55. The van der Waals surface area contributed by atoms with E-state index in [9.17, 15) is 9.59 Å². The molecule has 0 aliphatic carbocycles. The minimum Gasteiger partial charge on any atom is -0.458 e. The molecular weight excluding hydrogens is 236 g/mol. The highest BCUT2D eigenvalue weighted by Crippen LogP contribution is 2.31. The number of hydrogen-bond donors (Lipinski definition) is 0. The fourth-order valence-corrected chi connectivity index (χ4v) is 2.28. The summed E-state index contributed by atoms with van der Waals surface area (Å²) in [6.07, 6.45) is -0.537. The zero-order valence-electron chi connectivity index (χ0n) is 11.6. The van der Waals surface area contributed by atoms with E-state index in [0.29, 0.717) is 6.42 Å². The molecular formula is C13H22O5. The average Bonchev–Trinajstić information content (AvgIpc) is 2.27. The van der Waals surface area contributed by atoms with Crippen LogP contribution in [0.2, 0.25) is 0 Å². The van der Waals surface area contributed by atoms with Gasteiger partial charge in [0, 0.05) is 19.8 Å². The fraction of sp³-hybridized carbons (Fsp3) is 0.846. The van der Waals surface area contributed by atoms with Crippen molar-refractivity contribution in [1.82, 2.24) is 0 Å². The third-order valence-electron chi connectivity index (χ3n) is 3.34. The molecule has 0 spiro atoms. The molecule has 1 rings (SSSR count). The fourth-order valence-electron chi connectivity index (χ4n) is 2.28. The maximum atomic E-state index is 11.2. The van der Waals surface area contributed by atoms with E-state index < -0.39 is 12.2 Å². The lowest BCUT2D eigenvalue weighted by atomic mass is 9.87. The highest BCUT2D eigenvalue weighted by molar-refractivity contribution is 5.67. The van der Waals surface area contributed by atoms with E-state index in [2.05, 4.69) is 0 Å². The van der Waals surface area contributed by atoms with E-state index in [4.69, 9.17) is 14.2 Å². The Balaban J connectivity index is 2.92. The molecule has 5 nitrogen and oxygen atoms in total. The van der Waals surface area contributed by atoms with Crippen LogP contribution in [-0.2, 0) is 23.8 Å². The van der Waals surface area contributed by atoms with Crippen molar-refractivity contribution >= 4 is 11.9 Å². The van der Waals surface area contributed by atoms with Crippen LogP contribution in [0.25, 0.3) is 0 Å². The number of esters is 2. The third-order valence-corrected chi connectivity index (χ3v) is 3.34. The molecule has 1 saturated heterocycles. The molecule has 5 heteroatoms. The van der Waals surface area contributed by atoms with E-state index >= 15 is 0 Å². The summed E-state index contributed by atoms with van der Waals surface area (Å²) in [4.78, 5) is 22.4. The largest absolute Gasteiger partial charge is 0.458 e. The number of rotatable bonds is 3. The van der Waals surface area contributed by atoms with Gasteiger partial charge < -0.3 is 14.2 Å². The maximum absolute atomic E-state index is 11.2. The van der Waals surface area contributed by atoms with Gasteiger partial charge >= 0.3 is 11.9 Å². The molecule has 0 aromatic heterocycles. The molecule has 1 aliphatic rings. The molecule has 1 heterocycles. The topological polar surface area (TPSA) is 61.8 Å². The van der Waals surface area contributed by atoms with Crippen molar-refractivity contribution in [3.05, 3.63) is 0 Å². The highest BCUT2D eigenvalue weighted by atomic mass is 16.6. The molecule has 104 valence electrons. The molecule has 0 N–H and O–H groups in total. The minimum atomic E-state index is -0.525. The van der Waals surface area contributed by atoms with E-state index in [1.165, 1.54) is 13.8 Å². The summed E-state index contributed by atoms with van der Waals surface area (Å²) in [6, 6.07) is 0. The summed E-state index contributed by atoms with van der Waals surface area (Å²) in [5.74, 6) is -0.769. The van der Waals surface area contributed by atoms with Crippen LogP contribution in [0.4, 0.5) is 0 Å². The Labute approximate surface area is 108 Å². The van der Waals surface area contributed by atoms with Crippen LogP contribution in [0.3, 0.4) is 0 Å². The van der Waals surface area contributed by atoms with E-state index in [0.717, 1.165) is 0 Å². The van der Waals surface area contributed by atoms with Crippen LogP contribution in [0.5, 0.6) is 0 Å². The summed E-state index contributed by atoms with van der Waals surface area (Å²) in [5, 5.41) is 0. The molecule has 1 aliphatic heterocycles. The monoisotopic (exact) mass is 258 g/mol. The van der Waals surface area contributed by atoms with E-state index in [-0.39, 0.29) is 30.1 Å². The van der Waals surface area contributed by atoms with Crippen LogP contribution < -0.4 is 0 Å². The van der Waals surface area contributed by atoms with E-state index in [1.54, 1.807) is 0 Å². The predicted molar refractivity (Wildman–Crippen MR) is 64.9 cm³/mol. The lowest BCUT2D eigenvalue weighted by Gasteiger charge is -2.43. The van der Waals surface area contributed by atoms with Gasteiger partial charge in [-0.15, -0.1) is 0 Å². The molecule has 5 atom stereocenters. The number of carbonyl (C=O) groups excluding carboxylic acids is 2. The van der Waals surface area contributed by atoms with Gasteiger partial charge in [-0.3, -0.25) is 9.59 Å². The van der Waals surface area contributed by atoms with Gasteiger partial charge in [0.25, 0.3) is 0 Å². The normalized spacial score (nSPS) is 35.9. The predicted octanol–water partition coefficient (Wildman–Crippen LogP) is 1.68. The molecule has 0 bridgehead atoms. The second kappa shape index (κ2) is 6.18. The highest BCUT2D eigenvalue weighted by Gasteiger charge is 2.45. The summed E-state index contributed by atoms with van der Waals surface area (Å²) in [6.45, 7) is 8.53. The standard InChI is InChI=1S/C13H22O5/c1-6-11-13(18-10(5)15)12(17-9(4)14)7(2)8(3)16-11/h7-8,11-13H,6H2,1-5H3/t7?,8-,11?,12+,13+/m1/s1. The molecule has 18 heavy (non-hydrogen) atoms. The Morgan fingerprint density at radius 1 is 1.06 bits per heavy atom. The van der Waals surface area contributed by atoms with Gasteiger partial charge in [0.05, 0.1) is 12.2 Å². The van der Waals surface area contributed by atoms with Gasteiger partial charge in [-0.05, 0) is 13.3 Å². The van der Waals surface area contributed by atoms with Crippen molar-refractivity contribution in [2.24, 2.45) is 5.92 Å². The molecule has 0 amide bonds. The number of carbonyl (C=O) groups is 2. The zero-order valence-corrected chi connectivity index (χ0v) is 11.6. The first-order valence-electron chi connectivity index (χ1n) is 6.36. The van der Waals surface area contributed by atoms with Crippen LogP contribution in [0.15, 0.2) is 0 Å². The van der Waals surface area contributed by atoms with Crippen molar-refractivity contribution in [2.45, 2.75) is 65.5 Å². The summed E-state index contributed by atoms with van der Waals surface area (Å²) in [7, 11) is 0. The van der Waals surface area contributed by atoms with Crippen LogP contribution in [-0.4, -0.2) is 36.4 Å². The molecule has 2 unspecified atom stereocenters. The molecule has 1 fully saturated rings. The van der Waals surface area contributed by atoms with Gasteiger partial charge in [0.15, 0.2) is 6.10 Å². The average molecular weight is 258 g/mol.